The van der Waals surface area contributed by atoms with Gasteiger partial charge in [-0.3, -0.25) is 0 Å². The van der Waals surface area contributed by atoms with Gasteiger partial charge in [-0.2, -0.15) is 0 Å². The number of nitrogens with one attached hydrogen (secondary N) is 1. The third-order valence-electron chi connectivity index (χ3n) is 3.49. The molecular weight excluding hydrogens is 346 g/mol. The predicted molar refractivity (Wildman–Crippen MR) is 97.3 cm³/mol. The highest BCUT2D eigenvalue weighted by atomic mass is 35.5. The topological polar surface area (TPSA) is 55.4 Å². The van der Waals surface area contributed by atoms with Crippen LogP contribution in [0.15, 0.2) is 53.4 Å². The van der Waals surface area contributed by atoms with Crippen LogP contribution in [0.1, 0.15) is 26.3 Å². The van der Waals surface area contributed by atoms with E-state index in [4.69, 9.17) is 16.3 Å². The molecule has 4 nitrogen and oxygen atoms in total. The molecule has 0 fully saturated rings. The molecule has 0 heterocycles. The summed E-state index contributed by atoms with van der Waals surface area (Å²) in [5.41, 5.74) is 1.20. The normalized spacial score (nSPS) is 12.2. The molecule has 0 unspecified atom stereocenters. The van der Waals surface area contributed by atoms with E-state index >= 15 is 0 Å². The largest absolute Gasteiger partial charge is 0.492 e. The first-order valence-electron chi connectivity index (χ1n) is 7.68. The van der Waals surface area contributed by atoms with Crippen molar-refractivity contribution in [3.63, 3.8) is 0 Å². The highest BCUT2D eigenvalue weighted by Gasteiger charge is 2.17. The van der Waals surface area contributed by atoms with Gasteiger partial charge in [0.2, 0.25) is 10.0 Å². The number of hydrogen-bond acceptors (Lipinski definition) is 3. The molecule has 24 heavy (non-hydrogen) atoms. The van der Waals surface area contributed by atoms with Gasteiger partial charge >= 0.3 is 0 Å². The molecule has 2 aromatic carbocycles. The Balaban J connectivity index is 1.93. The fourth-order valence-electron chi connectivity index (χ4n) is 2.14. The summed E-state index contributed by atoms with van der Waals surface area (Å²) in [7, 11) is -3.64. The average molecular weight is 368 g/mol. The highest BCUT2D eigenvalue weighted by Crippen LogP contribution is 2.25. The minimum absolute atomic E-state index is 0.0328. The minimum Gasteiger partial charge on any atom is -0.492 e. The van der Waals surface area contributed by atoms with Gasteiger partial charge in [-0.05, 0) is 35.2 Å². The molecule has 0 aliphatic carbocycles. The lowest BCUT2D eigenvalue weighted by Gasteiger charge is -2.19. The Labute approximate surface area is 148 Å². The summed E-state index contributed by atoms with van der Waals surface area (Å²) in [5, 5.41) is 0.198. The Kier molecular flexibility index (Phi) is 5.91. The first-order chi connectivity index (χ1) is 11.2. The second-order valence-corrected chi connectivity index (χ2v) is 8.60. The maximum atomic E-state index is 12.2. The monoisotopic (exact) mass is 367 g/mol. The Bertz CT molecular complexity index is 798. The fourth-order valence-corrected chi connectivity index (χ4v) is 3.67. The van der Waals surface area contributed by atoms with Crippen molar-refractivity contribution in [3.8, 4) is 5.75 Å². The molecule has 0 atom stereocenters. The molecule has 0 radical (unpaired) electrons. The summed E-state index contributed by atoms with van der Waals surface area (Å²) in [6.45, 7) is 6.78. The quantitative estimate of drug-likeness (QED) is 0.785. The van der Waals surface area contributed by atoms with Crippen LogP contribution in [0.5, 0.6) is 5.75 Å². The molecule has 0 aromatic heterocycles. The van der Waals surface area contributed by atoms with Crippen LogP contribution >= 0.6 is 11.6 Å². The summed E-state index contributed by atoms with van der Waals surface area (Å²) in [5.74, 6) is 0.722. The summed E-state index contributed by atoms with van der Waals surface area (Å²) < 4.78 is 32.5. The Hall–Kier alpha value is -1.56. The molecule has 0 spiro atoms. The lowest BCUT2D eigenvalue weighted by Crippen LogP contribution is -2.28. The number of hydrogen-bond donors (Lipinski definition) is 1. The van der Waals surface area contributed by atoms with Crippen LogP contribution in [-0.2, 0) is 15.4 Å². The summed E-state index contributed by atoms with van der Waals surface area (Å²) >= 11 is 5.93. The molecule has 0 bridgehead atoms. The molecular formula is C18H22ClNO3S. The first-order valence-corrected chi connectivity index (χ1v) is 9.54. The van der Waals surface area contributed by atoms with Crippen molar-refractivity contribution in [2.75, 3.05) is 13.2 Å². The van der Waals surface area contributed by atoms with Gasteiger partial charge in [-0.1, -0.05) is 56.6 Å². The third kappa shape index (κ3) is 4.97. The van der Waals surface area contributed by atoms with E-state index in [0.29, 0.717) is 0 Å². The van der Waals surface area contributed by atoms with Crippen molar-refractivity contribution < 1.29 is 13.2 Å². The van der Waals surface area contributed by atoms with Gasteiger partial charge < -0.3 is 4.74 Å². The zero-order valence-electron chi connectivity index (χ0n) is 14.0. The van der Waals surface area contributed by atoms with E-state index in [1.54, 1.807) is 18.2 Å². The van der Waals surface area contributed by atoms with Gasteiger partial charge in [0, 0.05) is 6.54 Å². The highest BCUT2D eigenvalue weighted by molar-refractivity contribution is 7.89. The number of sulfonamides is 1. The van der Waals surface area contributed by atoms with Crippen molar-refractivity contribution in [2.24, 2.45) is 0 Å². The van der Waals surface area contributed by atoms with Crippen molar-refractivity contribution in [1.82, 2.24) is 4.72 Å². The first kappa shape index (κ1) is 18.8. The second kappa shape index (κ2) is 7.55. The Morgan fingerprint density at radius 2 is 1.79 bits per heavy atom. The third-order valence-corrected chi connectivity index (χ3v) is 5.45. The van der Waals surface area contributed by atoms with Crippen LogP contribution in [0.25, 0.3) is 0 Å². The molecule has 6 heteroatoms. The maximum Gasteiger partial charge on any atom is 0.242 e. The molecule has 2 rings (SSSR count). The van der Waals surface area contributed by atoms with Gasteiger partial charge in [0.25, 0.3) is 0 Å². The van der Waals surface area contributed by atoms with Crippen LogP contribution in [0, 0.1) is 0 Å². The van der Waals surface area contributed by atoms with Crippen LogP contribution in [0.4, 0.5) is 0 Å². The second-order valence-electron chi connectivity index (χ2n) is 6.45. The van der Waals surface area contributed by atoms with Gasteiger partial charge in [0.15, 0.2) is 0 Å². The van der Waals surface area contributed by atoms with E-state index < -0.39 is 10.0 Å². The van der Waals surface area contributed by atoms with Crippen molar-refractivity contribution in [1.29, 1.82) is 0 Å². The molecule has 0 saturated carbocycles. The van der Waals surface area contributed by atoms with E-state index in [0.717, 1.165) is 11.3 Å². The van der Waals surface area contributed by atoms with E-state index in [1.807, 2.05) is 24.3 Å². The SMILES string of the molecule is CC(C)(C)c1cccc(OCCNS(=O)(=O)c2ccccc2Cl)c1. The van der Waals surface area contributed by atoms with Crippen LogP contribution < -0.4 is 9.46 Å². The van der Waals surface area contributed by atoms with Crippen LogP contribution in [-0.4, -0.2) is 21.6 Å². The number of halogens is 1. The number of benzene rings is 2. The van der Waals surface area contributed by atoms with Crippen molar-refractivity contribution in [3.05, 3.63) is 59.1 Å². The van der Waals surface area contributed by atoms with E-state index in [1.165, 1.54) is 6.07 Å². The lowest BCUT2D eigenvalue weighted by atomic mass is 9.87. The number of rotatable bonds is 6. The van der Waals surface area contributed by atoms with E-state index in [-0.39, 0.29) is 28.5 Å². The maximum absolute atomic E-state index is 12.2. The van der Waals surface area contributed by atoms with Gasteiger partial charge in [0.1, 0.15) is 17.3 Å². The molecule has 0 aliphatic rings. The van der Waals surface area contributed by atoms with Gasteiger partial charge in [-0.25, -0.2) is 13.1 Å². The average Bonchev–Trinajstić information content (AvgIpc) is 2.51. The predicted octanol–water partition coefficient (Wildman–Crippen LogP) is 3.99. The fraction of sp³-hybridized carbons (Fsp3) is 0.333. The van der Waals surface area contributed by atoms with E-state index in [9.17, 15) is 8.42 Å². The van der Waals surface area contributed by atoms with Crippen molar-refractivity contribution in [2.45, 2.75) is 31.1 Å². The van der Waals surface area contributed by atoms with Gasteiger partial charge in [0.05, 0.1) is 5.02 Å². The van der Waals surface area contributed by atoms with E-state index in [2.05, 4.69) is 25.5 Å². The molecule has 130 valence electrons. The van der Waals surface area contributed by atoms with Crippen molar-refractivity contribution >= 4 is 21.6 Å². The molecule has 1 N–H and O–H groups in total. The standard InChI is InChI=1S/C18H22ClNO3S/c1-18(2,3)14-7-6-8-15(13-14)23-12-11-20-24(21,22)17-10-5-4-9-16(17)19/h4-10,13,20H,11-12H2,1-3H3. The lowest BCUT2D eigenvalue weighted by molar-refractivity contribution is 0.322. The summed E-state index contributed by atoms with van der Waals surface area (Å²) in [6.07, 6.45) is 0. The molecule has 0 saturated heterocycles. The Morgan fingerprint density at radius 3 is 2.46 bits per heavy atom. The summed E-state index contributed by atoms with van der Waals surface area (Å²) in [4.78, 5) is 0.0707. The molecule has 0 amide bonds. The zero-order valence-corrected chi connectivity index (χ0v) is 15.6. The minimum atomic E-state index is -3.64. The molecule has 0 aliphatic heterocycles. The Morgan fingerprint density at radius 1 is 1.08 bits per heavy atom. The number of ether oxygens (including phenoxy) is 1. The zero-order chi connectivity index (χ0) is 17.8. The summed E-state index contributed by atoms with van der Waals surface area (Å²) in [6, 6.07) is 14.2. The molecule has 2 aromatic rings. The van der Waals surface area contributed by atoms with Crippen LogP contribution in [0.3, 0.4) is 0 Å². The van der Waals surface area contributed by atoms with Crippen LogP contribution in [0.2, 0.25) is 5.02 Å². The van der Waals surface area contributed by atoms with Gasteiger partial charge in [-0.15, -0.1) is 0 Å². The smallest absolute Gasteiger partial charge is 0.242 e.